The van der Waals surface area contributed by atoms with Crippen molar-refractivity contribution >= 4 is 35.1 Å². The highest BCUT2D eigenvalue weighted by molar-refractivity contribution is 7.98. The third-order valence-corrected chi connectivity index (χ3v) is 7.09. The topological polar surface area (TPSA) is 100 Å². The zero-order valence-corrected chi connectivity index (χ0v) is 21.6. The number of nitrogens with zero attached hydrogens (tertiary/aromatic N) is 2. The molecule has 188 valence electrons. The first-order valence-electron chi connectivity index (χ1n) is 11.8. The highest BCUT2D eigenvalue weighted by Gasteiger charge is 2.24. The number of benzene rings is 2. The number of methoxy groups -OCH3 is 1. The SMILES string of the molecule is COc1ccc(CSc2ccc(NCC3CCN(C(=O)N=O)CC3)c(NC(=O)C(C)(C)C)c2)cc1. The van der Waals surface area contributed by atoms with E-state index in [0.717, 1.165) is 40.6 Å². The van der Waals surface area contributed by atoms with Crippen LogP contribution in [0.5, 0.6) is 5.75 Å². The van der Waals surface area contributed by atoms with Gasteiger partial charge >= 0.3 is 6.03 Å². The molecule has 1 saturated heterocycles. The monoisotopic (exact) mass is 498 g/mol. The zero-order chi connectivity index (χ0) is 25.4. The summed E-state index contributed by atoms with van der Waals surface area (Å²) in [6.45, 7) is 7.45. The molecule has 3 rings (SSSR count). The van der Waals surface area contributed by atoms with Gasteiger partial charge in [0.15, 0.2) is 0 Å². The molecule has 9 heteroatoms. The second kappa shape index (κ2) is 12.1. The van der Waals surface area contributed by atoms with Crippen LogP contribution in [0.15, 0.2) is 52.5 Å². The molecule has 1 aliphatic heterocycles. The summed E-state index contributed by atoms with van der Waals surface area (Å²) in [6.07, 6.45) is 1.60. The van der Waals surface area contributed by atoms with Gasteiger partial charge in [-0.1, -0.05) is 32.9 Å². The first kappa shape index (κ1) is 26.5. The fourth-order valence-electron chi connectivity index (χ4n) is 3.71. The number of ether oxygens (including phenoxy) is 1. The molecule has 0 saturated carbocycles. The van der Waals surface area contributed by atoms with Crippen LogP contribution in [0.4, 0.5) is 16.2 Å². The van der Waals surface area contributed by atoms with Crippen LogP contribution in [0.3, 0.4) is 0 Å². The van der Waals surface area contributed by atoms with Gasteiger partial charge in [0.05, 0.1) is 18.5 Å². The molecule has 35 heavy (non-hydrogen) atoms. The number of likely N-dealkylation sites (tertiary alicyclic amines) is 1. The van der Waals surface area contributed by atoms with Crippen molar-refractivity contribution in [3.8, 4) is 5.75 Å². The Labute approximate surface area is 211 Å². The van der Waals surface area contributed by atoms with Crippen molar-refractivity contribution in [2.75, 3.05) is 37.4 Å². The molecular formula is C26H34N4O4S. The summed E-state index contributed by atoms with van der Waals surface area (Å²) in [5, 5.41) is 9.09. The Morgan fingerprint density at radius 1 is 1.09 bits per heavy atom. The van der Waals surface area contributed by atoms with E-state index < -0.39 is 11.4 Å². The first-order chi connectivity index (χ1) is 16.7. The highest BCUT2D eigenvalue weighted by atomic mass is 32.2. The second-order valence-corrected chi connectivity index (χ2v) is 10.8. The number of hydrogen-bond donors (Lipinski definition) is 2. The average Bonchev–Trinajstić information content (AvgIpc) is 2.86. The zero-order valence-electron chi connectivity index (χ0n) is 20.8. The highest BCUT2D eigenvalue weighted by Crippen LogP contribution is 2.32. The summed E-state index contributed by atoms with van der Waals surface area (Å²) in [7, 11) is 1.65. The molecule has 2 N–H and O–H groups in total. The summed E-state index contributed by atoms with van der Waals surface area (Å²) in [6, 6.07) is 13.4. The number of nitrogens with one attached hydrogen (secondary N) is 2. The van der Waals surface area contributed by atoms with Crippen LogP contribution in [0.2, 0.25) is 0 Å². The average molecular weight is 499 g/mol. The molecule has 0 atom stereocenters. The van der Waals surface area contributed by atoms with Crippen molar-refractivity contribution in [3.05, 3.63) is 52.9 Å². The van der Waals surface area contributed by atoms with Gasteiger partial charge in [0.1, 0.15) is 5.75 Å². The van der Waals surface area contributed by atoms with Crippen molar-refractivity contribution in [2.24, 2.45) is 16.5 Å². The van der Waals surface area contributed by atoms with E-state index in [1.807, 2.05) is 57.2 Å². The second-order valence-electron chi connectivity index (χ2n) is 9.73. The van der Waals surface area contributed by atoms with Crippen LogP contribution >= 0.6 is 11.8 Å². The molecule has 0 aliphatic carbocycles. The van der Waals surface area contributed by atoms with Crippen LogP contribution in [-0.2, 0) is 10.5 Å². The van der Waals surface area contributed by atoms with Gasteiger partial charge in [0.2, 0.25) is 5.91 Å². The Hall–Kier alpha value is -3.07. The van der Waals surface area contributed by atoms with Gasteiger partial charge in [-0.2, -0.15) is 0 Å². The molecule has 1 heterocycles. The van der Waals surface area contributed by atoms with Crippen molar-refractivity contribution in [1.29, 1.82) is 0 Å². The number of thioether (sulfide) groups is 1. The molecule has 0 unspecified atom stereocenters. The van der Waals surface area contributed by atoms with E-state index in [1.54, 1.807) is 18.9 Å². The molecule has 1 fully saturated rings. The number of rotatable bonds is 8. The van der Waals surface area contributed by atoms with Crippen LogP contribution in [0.1, 0.15) is 39.2 Å². The van der Waals surface area contributed by atoms with Crippen LogP contribution < -0.4 is 15.4 Å². The summed E-state index contributed by atoms with van der Waals surface area (Å²) >= 11 is 1.70. The van der Waals surface area contributed by atoms with Gasteiger partial charge in [0.25, 0.3) is 0 Å². The standard InChI is InChI=1S/C26H34N4O4S/c1-26(2,3)24(31)28-23-15-21(35-17-19-5-7-20(34-4)8-6-19)9-10-22(23)27-16-18-11-13-30(14-12-18)25(32)29-33/h5-10,15,18,27H,11-14,16-17H2,1-4H3,(H,28,31). The first-order valence-corrected chi connectivity index (χ1v) is 12.8. The van der Waals surface area contributed by atoms with Gasteiger partial charge < -0.3 is 20.3 Å². The summed E-state index contributed by atoms with van der Waals surface area (Å²) in [4.78, 5) is 37.2. The number of urea groups is 1. The number of amides is 3. The number of hydrogen-bond acceptors (Lipinski definition) is 6. The molecule has 2 aromatic rings. The Bertz CT molecular complexity index is 1030. The number of carbonyl (C=O) groups is 2. The van der Waals surface area contributed by atoms with Crippen molar-refractivity contribution in [1.82, 2.24) is 4.90 Å². The molecule has 0 radical (unpaired) electrons. The van der Waals surface area contributed by atoms with Crippen molar-refractivity contribution in [2.45, 2.75) is 44.3 Å². The number of piperidine rings is 1. The maximum Gasteiger partial charge on any atom is 0.381 e. The Kier molecular flexibility index (Phi) is 9.14. The molecule has 0 bridgehead atoms. The third-order valence-electron chi connectivity index (χ3n) is 6.03. The molecule has 3 amide bonds. The Balaban J connectivity index is 1.66. The quantitative estimate of drug-likeness (QED) is 0.343. The van der Waals surface area contributed by atoms with E-state index in [2.05, 4.69) is 21.9 Å². The van der Waals surface area contributed by atoms with Gasteiger partial charge in [-0.05, 0) is 54.7 Å². The lowest BCUT2D eigenvalue weighted by atomic mass is 9.95. The normalized spacial score (nSPS) is 14.3. The van der Waals surface area contributed by atoms with Gasteiger partial charge in [-0.15, -0.1) is 16.7 Å². The molecular weight excluding hydrogens is 464 g/mol. The van der Waals surface area contributed by atoms with E-state index in [4.69, 9.17) is 4.74 Å². The smallest absolute Gasteiger partial charge is 0.381 e. The van der Waals surface area contributed by atoms with E-state index in [-0.39, 0.29) is 5.91 Å². The molecule has 1 aliphatic rings. The van der Waals surface area contributed by atoms with Crippen molar-refractivity contribution < 1.29 is 14.3 Å². The van der Waals surface area contributed by atoms with Crippen LogP contribution in [0.25, 0.3) is 0 Å². The van der Waals surface area contributed by atoms with Crippen molar-refractivity contribution in [3.63, 3.8) is 0 Å². The summed E-state index contributed by atoms with van der Waals surface area (Å²) in [5.41, 5.74) is 2.29. The van der Waals surface area contributed by atoms with E-state index in [9.17, 15) is 14.5 Å². The largest absolute Gasteiger partial charge is 0.497 e. The minimum absolute atomic E-state index is 0.0500. The van der Waals surface area contributed by atoms with E-state index in [1.165, 1.54) is 10.5 Å². The maximum atomic E-state index is 12.7. The Morgan fingerprint density at radius 2 is 1.77 bits per heavy atom. The predicted molar refractivity (Wildman–Crippen MR) is 141 cm³/mol. The van der Waals surface area contributed by atoms with Gasteiger partial charge in [-0.3, -0.25) is 4.79 Å². The minimum Gasteiger partial charge on any atom is -0.497 e. The molecule has 0 aromatic heterocycles. The molecule has 8 nitrogen and oxygen atoms in total. The summed E-state index contributed by atoms with van der Waals surface area (Å²) in [5.74, 6) is 1.95. The maximum absolute atomic E-state index is 12.7. The fourth-order valence-corrected chi connectivity index (χ4v) is 4.60. The number of anilines is 2. The lowest BCUT2D eigenvalue weighted by Gasteiger charge is -2.30. The summed E-state index contributed by atoms with van der Waals surface area (Å²) < 4.78 is 5.22. The van der Waals surface area contributed by atoms with E-state index in [0.29, 0.717) is 25.6 Å². The van der Waals surface area contributed by atoms with Crippen LogP contribution in [-0.4, -0.2) is 43.6 Å². The number of carbonyl (C=O) groups excluding carboxylic acids is 2. The molecule has 0 spiro atoms. The lowest BCUT2D eigenvalue weighted by molar-refractivity contribution is -0.123. The van der Waals surface area contributed by atoms with Gasteiger partial charge in [-0.25, -0.2) is 4.79 Å². The Morgan fingerprint density at radius 3 is 2.37 bits per heavy atom. The number of nitroso groups, excluding NO2 is 1. The predicted octanol–water partition coefficient (Wildman–Crippen LogP) is 5.98. The minimum atomic E-state index is -0.689. The lowest BCUT2D eigenvalue weighted by Crippen LogP contribution is -2.38. The van der Waals surface area contributed by atoms with Gasteiger partial charge in [0, 0.05) is 40.9 Å². The fraction of sp³-hybridized carbons (Fsp3) is 0.462. The molecule has 2 aromatic carbocycles. The van der Waals surface area contributed by atoms with E-state index >= 15 is 0 Å². The third kappa shape index (κ3) is 7.71. The van der Waals surface area contributed by atoms with Crippen LogP contribution in [0, 0.1) is 16.2 Å².